The van der Waals surface area contributed by atoms with E-state index < -0.39 is 11.4 Å². The van der Waals surface area contributed by atoms with Gasteiger partial charge in [-0.2, -0.15) is 0 Å². The minimum atomic E-state index is -0.744. The van der Waals surface area contributed by atoms with E-state index in [-0.39, 0.29) is 6.10 Å². The third-order valence-electron chi connectivity index (χ3n) is 6.64. The van der Waals surface area contributed by atoms with E-state index in [0.717, 1.165) is 27.9 Å². The lowest BCUT2D eigenvalue weighted by Gasteiger charge is -2.12. The van der Waals surface area contributed by atoms with Crippen molar-refractivity contribution in [2.24, 2.45) is 0 Å². The fourth-order valence-corrected chi connectivity index (χ4v) is 4.47. The van der Waals surface area contributed by atoms with E-state index in [1.54, 1.807) is 11.8 Å². The standard InChI is InChI=1S/C29H29N3O5/c1-18(2)36-25-7-5-6-24(32(25)35-4)30-26-19(3)31-37-27(26)22-10-8-20(9-11-22)21-12-14-23(15-13-21)29(16-17-29)28(33)34/h5-15,18H,16-17H2,1-4H3,(H,33,34)/p+1. The number of pyridine rings is 1. The van der Waals surface area contributed by atoms with Crippen LogP contribution in [0.3, 0.4) is 0 Å². The van der Waals surface area contributed by atoms with Gasteiger partial charge in [-0.15, -0.1) is 0 Å². The van der Waals surface area contributed by atoms with Crippen LogP contribution in [0.15, 0.2) is 71.3 Å². The Hall–Kier alpha value is -4.33. The van der Waals surface area contributed by atoms with Crippen LogP contribution in [0.5, 0.6) is 5.88 Å². The molecule has 8 nitrogen and oxygen atoms in total. The van der Waals surface area contributed by atoms with E-state index in [0.29, 0.717) is 36.0 Å². The highest BCUT2D eigenvalue weighted by atomic mass is 16.7. The molecule has 0 aliphatic heterocycles. The number of hydrogen-bond acceptors (Lipinski definition) is 6. The van der Waals surface area contributed by atoms with Gasteiger partial charge in [-0.3, -0.25) is 4.79 Å². The zero-order chi connectivity index (χ0) is 26.2. The number of aliphatic carboxylic acids is 1. The van der Waals surface area contributed by atoms with Crippen LogP contribution < -0.4 is 19.6 Å². The third kappa shape index (κ3) is 4.62. The summed E-state index contributed by atoms with van der Waals surface area (Å²) >= 11 is 0. The highest BCUT2D eigenvalue weighted by Crippen LogP contribution is 2.48. The van der Waals surface area contributed by atoms with Crippen molar-refractivity contribution in [1.82, 2.24) is 5.16 Å². The maximum absolute atomic E-state index is 11.6. The Balaban J connectivity index is 1.40. The van der Waals surface area contributed by atoms with Gasteiger partial charge in [0.1, 0.15) is 12.8 Å². The molecule has 0 bridgehead atoms. The Kier molecular flexibility index (Phi) is 6.33. The minimum Gasteiger partial charge on any atom is -0.481 e. The van der Waals surface area contributed by atoms with Crippen LogP contribution in [0.4, 0.5) is 11.5 Å². The summed E-state index contributed by atoms with van der Waals surface area (Å²) in [6.07, 6.45) is 1.39. The fourth-order valence-electron chi connectivity index (χ4n) is 4.47. The maximum Gasteiger partial charge on any atom is 0.326 e. The number of rotatable bonds is 9. The van der Waals surface area contributed by atoms with Crippen molar-refractivity contribution in [3.63, 3.8) is 0 Å². The number of hydrogen-bond donors (Lipinski definition) is 2. The minimum absolute atomic E-state index is 0.00810. The molecule has 1 saturated carbocycles. The molecule has 1 aliphatic rings. The van der Waals surface area contributed by atoms with Gasteiger partial charge in [0, 0.05) is 17.7 Å². The van der Waals surface area contributed by atoms with Crippen molar-refractivity contribution in [2.75, 3.05) is 12.4 Å². The molecule has 0 radical (unpaired) electrons. The number of carboxylic acid groups (broad SMARTS) is 1. The molecule has 0 spiro atoms. The first-order chi connectivity index (χ1) is 17.8. The number of aromatic nitrogens is 2. The van der Waals surface area contributed by atoms with E-state index >= 15 is 0 Å². The Morgan fingerprint density at radius 2 is 1.65 bits per heavy atom. The Morgan fingerprint density at radius 1 is 1.03 bits per heavy atom. The van der Waals surface area contributed by atoms with Gasteiger partial charge < -0.3 is 19.2 Å². The highest BCUT2D eigenvalue weighted by Gasteiger charge is 2.51. The molecule has 0 atom stereocenters. The number of anilines is 2. The van der Waals surface area contributed by atoms with Crippen LogP contribution in [0.2, 0.25) is 0 Å². The quantitative estimate of drug-likeness (QED) is 0.301. The summed E-state index contributed by atoms with van der Waals surface area (Å²) in [5, 5.41) is 17.1. The molecule has 1 fully saturated rings. The third-order valence-corrected chi connectivity index (χ3v) is 6.64. The first kappa shape index (κ1) is 24.4. The Bertz CT molecular complexity index is 1420. The SMILES string of the molecule is CO[n+]1c(Nc2c(C)noc2-c2ccc(-c3ccc(C4(C(=O)O)CC4)cc3)cc2)cccc1OC(C)C. The van der Waals surface area contributed by atoms with E-state index in [4.69, 9.17) is 14.1 Å². The first-order valence-electron chi connectivity index (χ1n) is 12.3. The molecule has 2 aromatic carbocycles. The normalized spacial score (nSPS) is 13.9. The Labute approximate surface area is 215 Å². The molecule has 8 heteroatoms. The lowest BCUT2D eigenvalue weighted by Crippen LogP contribution is -2.44. The van der Waals surface area contributed by atoms with Gasteiger partial charge in [-0.25, -0.2) is 5.32 Å². The van der Waals surface area contributed by atoms with Crippen LogP contribution in [-0.2, 0) is 10.2 Å². The number of nitrogens with one attached hydrogen (secondary N) is 1. The highest BCUT2D eigenvalue weighted by molar-refractivity contribution is 5.85. The van der Waals surface area contributed by atoms with Crippen molar-refractivity contribution in [3.05, 3.63) is 78.0 Å². The number of aryl methyl sites for hydroxylation is 1. The van der Waals surface area contributed by atoms with Crippen molar-refractivity contribution >= 4 is 17.5 Å². The summed E-state index contributed by atoms with van der Waals surface area (Å²) in [5.41, 5.74) is 4.52. The number of carbonyl (C=O) groups is 1. The molecule has 190 valence electrons. The lowest BCUT2D eigenvalue weighted by atomic mass is 9.93. The smallest absolute Gasteiger partial charge is 0.326 e. The number of nitrogens with zero attached hydrogens (tertiary/aromatic N) is 2. The van der Waals surface area contributed by atoms with Gasteiger partial charge in [0.2, 0.25) is 5.76 Å². The van der Waals surface area contributed by atoms with Gasteiger partial charge in [0.05, 0.1) is 11.5 Å². The van der Waals surface area contributed by atoms with Crippen LogP contribution in [0.1, 0.15) is 37.9 Å². The molecule has 0 saturated heterocycles. The second-order valence-corrected chi connectivity index (χ2v) is 9.53. The van der Waals surface area contributed by atoms with Gasteiger partial charge in [0.25, 0.3) is 0 Å². The maximum atomic E-state index is 11.6. The molecule has 0 unspecified atom stereocenters. The van der Waals surface area contributed by atoms with Crippen molar-refractivity contribution < 1.29 is 28.7 Å². The van der Waals surface area contributed by atoms with E-state index in [1.165, 1.54) is 0 Å². The average Bonchev–Trinajstić information content (AvgIpc) is 3.63. The van der Waals surface area contributed by atoms with Crippen LogP contribution >= 0.6 is 0 Å². The molecular weight excluding hydrogens is 470 g/mol. The summed E-state index contributed by atoms with van der Waals surface area (Å²) in [5.74, 6) is 1.10. The molecule has 2 aromatic heterocycles. The molecule has 4 aromatic rings. The van der Waals surface area contributed by atoms with Crippen molar-refractivity contribution in [3.8, 4) is 28.3 Å². The Morgan fingerprint density at radius 3 is 2.22 bits per heavy atom. The predicted octanol–water partition coefficient (Wildman–Crippen LogP) is 5.31. The second kappa shape index (κ2) is 9.61. The number of benzene rings is 2. The first-order valence-corrected chi connectivity index (χ1v) is 12.3. The van der Waals surface area contributed by atoms with E-state index in [1.807, 2.05) is 87.5 Å². The second-order valence-electron chi connectivity index (χ2n) is 9.53. The van der Waals surface area contributed by atoms with E-state index in [2.05, 4.69) is 10.5 Å². The van der Waals surface area contributed by atoms with Gasteiger partial charge in [0.15, 0.2) is 5.69 Å². The lowest BCUT2D eigenvalue weighted by molar-refractivity contribution is -0.876. The van der Waals surface area contributed by atoms with Crippen molar-refractivity contribution in [1.29, 1.82) is 0 Å². The summed E-state index contributed by atoms with van der Waals surface area (Å²) < 4.78 is 13.2. The molecule has 5 rings (SSSR count). The molecule has 2 N–H and O–H groups in total. The number of carboxylic acids is 1. The largest absolute Gasteiger partial charge is 0.481 e. The molecule has 2 heterocycles. The van der Waals surface area contributed by atoms with Gasteiger partial charge >= 0.3 is 17.7 Å². The summed E-state index contributed by atoms with van der Waals surface area (Å²) in [6.45, 7) is 5.79. The average molecular weight is 501 g/mol. The monoisotopic (exact) mass is 500 g/mol. The summed E-state index contributed by atoms with van der Waals surface area (Å²) in [4.78, 5) is 17.2. The zero-order valence-corrected chi connectivity index (χ0v) is 21.3. The van der Waals surface area contributed by atoms with Crippen LogP contribution in [-0.4, -0.2) is 29.4 Å². The molecule has 37 heavy (non-hydrogen) atoms. The van der Waals surface area contributed by atoms with E-state index in [9.17, 15) is 9.90 Å². The predicted molar refractivity (Wildman–Crippen MR) is 139 cm³/mol. The van der Waals surface area contributed by atoms with Gasteiger partial charge in [-0.05, 0) is 61.1 Å². The zero-order valence-electron chi connectivity index (χ0n) is 21.3. The van der Waals surface area contributed by atoms with Gasteiger partial charge in [-0.1, -0.05) is 53.7 Å². The topological polar surface area (TPSA) is 97.7 Å². The molecule has 1 aliphatic carbocycles. The number of ether oxygens (including phenoxy) is 1. The van der Waals surface area contributed by atoms with Crippen LogP contribution in [0, 0.1) is 6.92 Å². The summed E-state index contributed by atoms with van der Waals surface area (Å²) in [6, 6.07) is 21.4. The van der Waals surface area contributed by atoms with Crippen molar-refractivity contribution in [2.45, 2.75) is 45.1 Å². The van der Waals surface area contributed by atoms with Crippen LogP contribution in [0.25, 0.3) is 22.5 Å². The molecular formula is C29H30N3O5+. The molecule has 0 amide bonds. The fraction of sp³-hybridized carbons (Fsp3) is 0.276. The summed E-state index contributed by atoms with van der Waals surface area (Å²) in [7, 11) is 1.58.